The molecule has 2 aromatic carbocycles. The minimum absolute atomic E-state index is 0.145. The fraction of sp³-hybridized carbons (Fsp3) is 0.440. The maximum atomic E-state index is 13.0. The predicted octanol–water partition coefficient (Wildman–Crippen LogP) is 3.65. The highest BCUT2D eigenvalue weighted by Gasteiger charge is 2.28. The average Bonchev–Trinajstić information content (AvgIpc) is 2.83. The summed E-state index contributed by atoms with van der Waals surface area (Å²) < 4.78 is 32.9. The lowest BCUT2D eigenvalue weighted by molar-refractivity contribution is -0.118. The third-order valence-electron chi connectivity index (χ3n) is 5.72. The number of benzene rings is 2. The van der Waals surface area contributed by atoms with Crippen molar-refractivity contribution in [1.82, 2.24) is 9.62 Å². The summed E-state index contributed by atoms with van der Waals surface area (Å²) in [6.45, 7) is 7.09. The van der Waals surface area contributed by atoms with E-state index in [1.807, 2.05) is 20.8 Å². The van der Waals surface area contributed by atoms with Crippen LogP contribution in [0.3, 0.4) is 0 Å². The van der Waals surface area contributed by atoms with E-state index in [1.54, 1.807) is 36.4 Å². The van der Waals surface area contributed by atoms with Crippen molar-refractivity contribution in [3.05, 3.63) is 54.1 Å². The van der Waals surface area contributed by atoms with Gasteiger partial charge in [0.05, 0.1) is 11.5 Å². The summed E-state index contributed by atoms with van der Waals surface area (Å²) in [7, 11) is -3.62. The van der Waals surface area contributed by atoms with Crippen molar-refractivity contribution < 1.29 is 22.7 Å². The molecule has 1 heterocycles. The molecule has 1 saturated heterocycles. The van der Waals surface area contributed by atoms with Crippen molar-refractivity contribution in [2.75, 3.05) is 25.0 Å². The van der Waals surface area contributed by atoms with Gasteiger partial charge >= 0.3 is 0 Å². The predicted molar refractivity (Wildman–Crippen MR) is 131 cm³/mol. The third kappa shape index (κ3) is 6.36. The molecule has 0 aromatic heterocycles. The molecule has 9 heteroatoms. The number of anilines is 1. The van der Waals surface area contributed by atoms with E-state index in [9.17, 15) is 18.0 Å². The topological polar surface area (TPSA) is 105 Å². The lowest BCUT2D eigenvalue weighted by Gasteiger charge is -2.26. The first-order chi connectivity index (χ1) is 16.2. The van der Waals surface area contributed by atoms with Crippen molar-refractivity contribution in [2.24, 2.45) is 5.92 Å². The Balaban J connectivity index is 1.71. The molecule has 34 heavy (non-hydrogen) atoms. The lowest BCUT2D eigenvalue weighted by Crippen LogP contribution is -2.47. The Labute approximate surface area is 201 Å². The first-order valence-electron chi connectivity index (χ1n) is 11.7. The highest BCUT2D eigenvalue weighted by Crippen LogP contribution is 2.23. The van der Waals surface area contributed by atoms with Gasteiger partial charge in [-0.05, 0) is 68.1 Å². The Kier molecular flexibility index (Phi) is 8.68. The summed E-state index contributed by atoms with van der Waals surface area (Å²) in [5.74, 6) is -0.316. The minimum Gasteiger partial charge on any atom is -0.494 e. The van der Waals surface area contributed by atoms with Crippen LogP contribution in [0.25, 0.3) is 0 Å². The number of hydrogen-bond acceptors (Lipinski definition) is 5. The smallest absolute Gasteiger partial charge is 0.251 e. The molecule has 0 saturated carbocycles. The largest absolute Gasteiger partial charge is 0.494 e. The number of piperidine rings is 1. The molecule has 1 aliphatic rings. The summed E-state index contributed by atoms with van der Waals surface area (Å²) in [4.78, 5) is 25.9. The molecule has 2 N–H and O–H groups in total. The maximum absolute atomic E-state index is 13.0. The molecule has 0 aliphatic carbocycles. The van der Waals surface area contributed by atoms with Crippen LogP contribution in [0.15, 0.2) is 53.4 Å². The van der Waals surface area contributed by atoms with Crippen molar-refractivity contribution in [1.29, 1.82) is 0 Å². The van der Waals surface area contributed by atoms with Crippen LogP contribution in [0.5, 0.6) is 5.75 Å². The van der Waals surface area contributed by atoms with Crippen molar-refractivity contribution in [3.63, 3.8) is 0 Å². The van der Waals surface area contributed by atoms with Gasteiger partial charge in [0.15, 0.2) is 0 Å². The van der Waals surface area contributed by atoms with E-state index >= 15 is 0 Å². The van der Waals surface area contributed by atoms with Gasteiger partial charge in [-0.1, -0.05) is 26.3 Å². The number of nitrogens with zero attached hydrogens (tertiary/aromatic N) is 1. The third-order valence-corrected chi connectivity index (χ3v) is 7.61. The number of amides is 2. The number of carbonyl (C=O) groups excluding carboxylic acids is 2. The first-order valence-corrected chi connectivity index (χ1v) is 13.1. The number of nitrogens with one attached hydrogen (secondary N) is 2. The van der Waals surface area contributed by atoms with Crippen molar-refractivity contribution >= 4 is 27.5 Å². The van der Waals surface area contributed by atoms with Gasteiger partial charge in [-0.2, -0.15) is 4.31 Å². The summed E-state index contributed by atoms with van der Waals surface area (Å²) in [5, 5.41) is 5.55. The second kappa shape index (κ2) is 11.5. The van der Waals surface area contributed by atoms with E-state index in [1.165, 1.54) is 16.4 Å². The molecule has 0 bridgehead atoms. The fourth-order valence-electron chi connectivity index (χ4n) is 3.84. The second-order valence-electron chi connectivity index (χ2n) is 8.63. The normalized spacial score (nSPS) is 15.5. The van der Waals surface area contributed by atoms with Gasteiger partial charge in [0, 0.05) is 24.3 Å². The van der Waals surface area contributed by atoms with Crippen LogP contribution in [0.4, 0.5) is 5.69 Å². The van der Waals surface area contributed by atoms with Gasteiger partial charge in [-0.25, -0.2) is 8.42 Å². The Bertz CT molecular complexity index is 1090. The summed E-state index contributed by atoms with van der Waals surface area (Å²) >= 11 is 0. The van der Waals surface area contributed by atoms with E-state index in [-0.39, 0.29) is 16.7 Å². The Hall–Kier alpha value is -2.91. The van der Waals surface area contributed by atoms with Gasteiger partial charge in [0.2, 0.25) is 15.9 Å². The monoisotopic (exact) mass is 487 g/mol. The molecule has 184 valence electrons. The number of sulfonamides is 1. The van der Waals surface area contributed by atoms with Crippen LogP contribution in [0, 0.1) is 5.92 Å². The molecule has 0 radical (unpaired) electrons. The first kappa shape index (κ1) is 25.7. The maximum Gasteiger partial charge on any atom is 0.251 e. The molecule has 1 aliphatic heterocycles. The quantitative estimate of drug-likeness (QED) is 0.562. The molecule has 1 fully saturated rings. The number of hydrogen-bond donors (Lipinski definition) is 2. The van der Waals surface area contributed by atoms with Crippen LogP contribution >= 0.6 is 0 Å². The summed E-state index contributed by atoms with van der Waals surface area (Å²) in [6, 6.07) is 12.1. The number of rotatable bonds is 9. The molecule has 1 atom stereocenters. The molecule has 2 amide bonds. The van der Waals surface area contributed by atoms with Crippen LogP contribution < -0.4 is 15.4 Å². The average molecular weight is 488 g/mol. The lowest BCUT2D eigenvalue weighted by atomic mass is 10.0. The Morgan fingerprint density at radius 2 is 1.71 bits per heavy atom. The zero-order valence-corrected chi connectivity index (χ0v) is 20.7. The highest BCUT2D eigenvalue weighted by atomic mass is 32.2. The van der Waals surface area contributed by atoms with E-state index in [0.717, 1.165) is 19.3 Å². The summed E-state index contributed by atoms with van der Waals surface area (Å²) in [6.07, 6.45) is 2.72. The Morgan fingerprint density at radius 1 is 1.03 bits per heavy atom. The molecular formula is C25H33N3O5S. The van der Waals surface area contributed by atoms with Gasteiger partial charge in [-0.15, -0.1) is 0 Å². The van der Waals surface area contributed by atoms with Crippen molar-refractivity contribution in [2.45, 2.75) is 51.0 Å². The summed E-state index contributed by atoms with van der Waals surface area (Å²) in [5.41, 5.74) is 0.778. The van der Waals surface area contributed by atoms with Gasteiger partial charge in [-0.3, -0.25) is 9.59 Å². The number of carbonyl (C=O) groups is 2. The van der Waals surface area contributed by atoms with Gasteiger partial charge in [0.1, 0.15) is 11.8 Å². The fourth-order valence-corrected chi connectivity index (χ4v) is 5.40. The molecule has 8 nitrogen and oxygen atoms in total. The molecular weight excluding hydrogens is 454 g/mol. The van der Waals surface area contributed by atoms with Gasteiger partial charge < -0.3 is 15.4 Å². The molecule has 0 spiro atoms. The van der Waals surface area contributed by atoms with E-state index < -0.39 is 22.0 Å². The van der Waals surface area contributed by atoms with Crippen LogP contribution in [-0.2, 0) is 14.8 Å². The number of ether oxygens (including phenoxy) is 1. The second-order valence-corrected chi connectivity index (χ2v) is 10.6. The molecule has 2 aromatic rings. The van der Waals surface area contributed by atoms with E-state index in [2.05, 4.69) is 10.6 Å². The molecule has 0 unspecified atom stereocenters. The minimum atomic E-state index is -3.62. The van der Waals surface area contributed by atoms with E-state index in [0.29, 0.717) is 36.7 Å². The highest BCUT2D eigenvalue weighted by molar-refractivity contribution is 7.89. The van der Waals surface area contributed by atoms with Crippen LogP contribution in [0.1, 0.15) is 50.4 Å². The zero-order valence-electron chi connectivity index (χ0n) is 19.9. The van der Waals surface area contributed by atoms with Crippen LogP contribution in [-0.4, -0.2) is 50.3 Å². The Morgan fingerprint density at radius 3 is 2.32 bits per heavy atom. The zero-order chi connectivity index (χ0) is 24.7. The van der Waals surface area contributed by atoms with Gasteiger partial charge in [0.25, 0.3) is 5.91 Å². The SMILES string of the molecule is CCOc1ccc(C(=O)N[C@@H](C(=O)Nc2cccc(S(=O)(=O)N3CCCCC3)c2)C(C)C)cc1. The molecule has 3 rings (SSSR count). The van der Waals surface area contributed by atoms with E-state index in [4.69, 9.17) is 4.74 Å². The standard InChI is InChI=1S/C25H33N3O5S/c1-4-33-21-13-11-19(12-14-21)24(29)27-23(18(2)3)25(30)26-20-9-8-10-22(17-20)34(31,32)28-15-6-5-7-16-28/h8-14,17-18,23H,4-7,15-16H2,1-3H3,(H,26,30)(H,27,29)/t23-/m1/s1. The van der Waals surface area contributed by atoms with Crippen molar-refractivity contribution in [3.8, 4) is 5.75 Å². The van der Waals surface area contributed by atoms with Crippen LogP contribution in [0.2, 0.25) is 0 Å².